The average molecular weight is 409 g/mol. The first-order chi connectivity index (χ1) is 14.1. The highest BCUT2D eigenvalue weighted by molar-refractivity contribution is 7.22. The lowest BCUT2D eigenvalue weighted by molar-refractivity contribution is 0.0975. The topological polar surface area (TPSA) is 82.4 Å². The molecule has 0 aliphatic rings. The van der Waals surface area contributed by atoms with E-state index in [1.54, 1.807) is 55.4 Å². The van der Waals surface area contributed by atoms with Crippen LogP contribution in [0.2, 0.25) is 0 Å². The molecule has 3 heterocycles. The van der Waals surface area contributed by atoms with Gasteiger partial charge in [0.1, 0.15) is 27.4 Å². The fourth-order valence-corrected chi connectivity index (χ4v) is 4.06. The predicted molar refractivity (Wildman–Crippen MR) is 111 cm³/mol. The Morgan fingerprint density at radius 3 is 2.55 bits per heavy atom. The molecule has 3 aromatic heterocycles. The molecule has 0 aliphatic carbocycles. The number of anilines is 1. The Labute approximate surface area is 171 Å². The number of aryl methyl sites for hydroxylation is 1. The number of ether oxygens (including phenoxy) is 2. The number of hydrogen-bond acceptors (Lipinski definition) is 7. The Balaban J connectivity index is 1.84. The van der Waals surface area contributed by atoms with Gasteiger partial charge in [0.15, 0.2) is 5.13 Å². The minimum atomic E-state index is -0.215. The van der Waals surface area contributed by atoms with Gasteiger partial charge in [0.2, 0.25) is 0 Å². The number of fused-ring (bicyclic) bond motifs is 1. The second kappa shape index (κ2) is 7.88. The monoisotopic (exact) mass is 409 g/mol. The Kier molecular flexibility index (Phi) is 5.13. The molecule has 0 atom stereocenters. The van der Waals surface area contributed by atoms with Crippen molar-refractivity contribution in [1.29, 1.82) is 0 Å². The van der Waals surface area contributed by atoms with Gasteiger partial charge < -0.3 is 9.47 Å². The number of hydrogen-bond donors (Lipinski definition) is 0. The first-order valence-corrected chi connectivity index (χ1v) is 9.65. The van der Waals surface area contributed by atoms with Crippen molar-refractivity contribution < 1.29 is 14.3 Å². The van der Waals surface area contributed by atoms with Crippen LogP contribution in [0.1, 0.15) is 16.2 Å². The van der Waals surface area contributed by atoms with Crippen molar-refractivity contribution >= 4 is 32.6 Å². The maximum atomic E-state index is 13.4. The van der Waals surface area contributed by atoms with E-state index in [1.165, 1.54) is 11.3 Å². The smallest absolute Gasteiger partial charge is 0.278 e. The molecule has 8 nitrogen and oxygen atoms in total. The van der Waals surface area contributed by atoms with Gasteiger partial charge in [-0.05, 0) is 30.3 Å². The first kappa shape index (κ1) is 18.9. The van der Waals surface area contributed by atoms with Crippen LogP contribution < -0.4 is 14.4 Å². The lowest BCUT2D eigenvalue weighted by atomic mass is 10.3. The summed E-state index contributed by atoms with van der Waals surface area (Å²) in [4.78, 5) is 24.0. The molecule has 0 bridgehead atoms. The van der Waals surface area contributed by atoms with Crippen LogP contribution in [0, 0.1) is 0 Å². The van der Waals surface area contributed by atoms with E-state index in [9.17, 15) is 4.79 Å². The SMILES string of the molecule is COc1ccc(OC)c2sc(N(Cc3ccccn3)C(=O)c3ccnn3C)nc12. The molecule has 0 saturated carbocycles. The summed E-state index contributed by atoms with van der Waals surface area (Å²) in [6, 6.07) is 10.9. The molecule has 1 aromatic carbocycles. The standard InChI is InChI=1S/C20H19N5O3S/c1-24-14(9-11-22-24)19(26)25(12-13-6-4-5-10-21-13)20-23-17-15(27-2)7-8-16(28-3)18(17)29-20/h4-11H,12H2,1-3H3. The molecule has 9 heteroatoms. The number of methoxy groups -OCH3 is 2. The molecule has 4 rings (SSSR count). The summed E-state index contributed by atoms with van der Waals surface area (Å²) in [7, 11) is 4.93. The molecule has 4 aromatic rings. The summed E-state index contributed by atoms with van der Waals surface area (Å²) in [5.74, 6) is 1.08. The number of pyridine rings is 1. The van der Waals surface area contributed by atoms with Gasteiger partial charge in [-0.15, -0.1) is 0 Å². The largest absolute Gasteiger partial charge is 0.495 e. The summed E-state index contributed by atoms with van der Waals surface area (Å²) < 4.78 is 13.3. The molecular weight excluding hydrogens is 390 g/mol. The maximum absolute atomic E-state index is 13.4. The van der Waals surface area contributed by atoms with Gasteiger partial charge in [-0.25, -0.2) is 4.98 Å². The van der Waals surface area contributed by atoms with Gasteiger partial charge in [-0.1, -0.05) is 17.4 Å². The first-order valence-electron chi connectivity index (χ1n) is 8.83. The molecule has 0 spiro atoms. The molecule has 0 N–H and O–H groups in total. The third-order valence-corrected chi connectivity index (χ3v) is 5.55. The van der Waals surface area contributed by atoms with E-state index in [-0.39, 0.29) is 12.5 Å². The van der Waals surface area contributed by atoms with Crippen LogP contribution in [0.4, 0.5) is 5.13 Å². The van der Waals surface area contributed by atoms with Crippen molar-refractivity contribution in [3.63, 3.8) is 0 Å². The third kappa shape index (κ3) is 3.52. The highest BCUT2D eigenvalue weighted by Gasteiger charge is 2.26. The van der Waals surface area contributed by atoms with Crippen LogP contribution in [0.15, 0.2) is 48.8 Å². The Morgan fingerprint density at radius 2 is 1.90 bits per heavy atom. The molecule has 0 unspecified atom stereocenters. The minimum Gasteiger partial charge on any atom is -0.495 e. The van der Waals surface area contributed by atoms with E-state index in [0.717, 1.165) is 10.4 Å². The fourth-order valence-electron chi connectivity index (χ4n) is 2.99. The van der Waals surface area contributed by atoms with Gasteiger partial charge in [0, 0.05) is 19.4 Å². The fraction of sp³-hybridized carbons (Fsp3) is 0.200. The van der Waals surface area contributed by atoms with E-state index in [4.69, 9.17) is 14.5 Å². The zero-order valence-electron chi connectivity index (χ0n) is 16.2. The normalized spacial score (nSPS) is 10.9. The summed E-state index contributed by atoms with van der Waals surface area (Å²) in [5, 5.41) is 4.64. The van der Waals surface area contributed by atoms with Crippen molar-refractivity contribution in [3.05, 3.63) is 60.2 Å². The Hall–Kier alpha value is -3.46. The molecule has 0 aliphatic heterocycles. The summed E-state index contributed by atoms with van der Waals surface area (Å²) in [5.41, 5.74) is 1.86. The maximum Gasteiger partial charge on any atom is 0.278 e. The molecular formula is C20H19N5O3S. The van der Waals surface area contributed by atoms with Crippen LogP contribution in [0.5, 0.6) is 11.5 Å². The lowest BCUT2D eigenvalue weighted by Gasteiger charge is -2.19. The second-order valence-corrected chi connectivity index (χ2v) is 7.17. The van der Waals surface area contributed by atoms with Gasteiger partial charge in [-0.3, -0.25) is 19.4 Å². The molecule has 0 fully saturated rings. The van der Waals surface area contributed by atoms with E-state index >= 15 is 0 Å². The number of nitrogens with zero attached hydrogens (tertiary/aromatic N) is 5. The number of carbonyl (C=O) groups excluding carboxylic acids is 1. The van der Waals surface area contributed by atoms with E-state index < -0.39 is 0 Å². The Bertz CT molecular complexity index is 1110. The van der Waals surface area contributed by atoms with Crippen LogP contribution in [-0.4, -0.2) is 39.9 Å². The molecule has 148 valence electrons. The van der Waals surface area contributed by atoms with Gasteiger partial charge in [0.05, 0.1) is 26.5 Å². The minimum absolute atomic E-state index is 0.215. The molecule has 29 heavy (non-hydrogen) atoms. The van der Waals surface area contributed by atoms with E-state index in [0.29, 0.717) is 27.8 Å². The van der Waals surface area contributed by atoms with Gasteiger partial charge >= 0.3 is 0 Å². The number of benzene rings is 1. The molecule has 0 saturated heterocycles. The Morgan fingerprint density at radius 1 is 1.10 bits per heavy atom. The number of carbonyl (C=O) groups is 1. The quantitative estimate of drug-likeness (QED) is 0.486. The van der Waals surface area contributed by atoms with E-state index in [2.05, 4.69) is 10.1 Å². The van der Waals surface area contributed by atoms with Crippen LogP contribution >= 0.6 is 11.3 Å². The third-order valence-electron chi connectivity index (χ3n) is 4.46. The van der Waals surface area contributed by atoms with Crippen LogP contribution in [0.3, 0.4) is 0 Å². The summed E-state index contributed by atoms with van der Waals surface area (Å²) in [6.07, 6.45) is 3.29. The predicted octanol–water partition coefficient (Wildman–Crippen LogP) is 3.29. The number of amides is 1. The lowest BCUT2D eigenvalue weighted by Crippen LogP contribution is -2.32. The van der Waals surface area contributed by atoms with Crippen LogP contribution in [0.25, 0.3) is 10.2 Å². The zero-order valence-corrected chi connectivity index (χ0v) is 17.0. The van der Waals surface area contributed by atoms with Gasteiger partial charge in [-0.2, -0.15) is 5.10 Å². The van der Waals surface area contributed by atoms with E-state index in [1.807, 2.05) is 24.3 Å². The number of rotatable bonds is 6. The van der Waals surface area contributed by atoms with Gasteiger partial charge in [0.25, 0.3) is 5.91 Å². The highest BCUT2D eigenvalue weighted by Crippen LogP contribution is 2.40. The average Bonchev–Trinajstić information content (AvgIpc) is 3.38. The van der Waals surface area contributed by atoms with Crippen molar-refractivity contribution in [2.45, 2.75) is 6.54 Å². The van der Waals surface area contributed by atoms with Crippen molar-refractivity contribution in [2.24, 2.45) is 7.05 Å². The van der Waals surface area contributed by atoms with Crippen molar-refractivity contribution in [1.82, 2.24) is 19.7 Å². The van der Waals surface area contributed by atoms with Crippen molar-refractivity contribution in [2.75, 3.05) is 19.1 Å². The summed E-state index contributed by atoms with van der Waals surface area (Å²) >= 11 is 1.37. The second-order valence-electron chi connectivity index (χ2n) is 6.20. The molecule has 0 radical (unpaired) electrons. The zero-order chi connectivity index (χ0) is 20.4. The van der Waals surface area contributed by atoms with Crippen LogP contribution in [-0.2, 0) is 13.6 Å². The number of thiazole rings is 1. The highest BCUT2D eigenvalue weighted by atomic mass is 32.1. The molecule has 1 amide bonds. The summed E-state index contributed by atoms with van der Waals surface area (Å²) in [6.45, 7) is 0.273. The van der Waals surface area contributed by atoms with Crippen molar-refractivity contribution in [3.8, 4) is 11.5 Å². The number of aromatic nitrogens is 4.